The van der Waals surface area contributed by atoms with E-state index in [0.717, 1.165) is 0 Å². The third-order valence-corrected chi connectivity index (χ3v) is 0.740. The highest BCUT2D eigenvalue weighted by Gasteiger charge is 2.19. The Labute approximate surface area is 41.0 Å². The van der Waals surface area contributed by atoms with Gasteiger partial charge in [-0.05, 0) is 0 Å². The van der Waals surface area contributed by atoms with Gasteiger partial charge in [-0.3, -0.25) is 0 Å². The van der Waals surface area contributed by atoms with E-state index in [-0.39, 0.29) is 6.10 Å². The second-order valence-corrected chi connectivity index (χ2v) is 1.34. The van der Waals surface area contributed by atoms with Crippen LogP contribution in [0.3, 0.4) is 0 Å². The van der Waals surface area contributed by atoms with E-state index in [1.165, 1.54) is 0 Å². The Bertz CT molecular complexity index is 54.1. The molecule has 42 valence electrons. The molecule has 7 heavy (non-hydrogen) atoms. The fourth-order valence-corrected chi connectivity index (χ4v) is 0.347. The van der Waals surface area contributed by atoms with Gasteiger partial charge in [-0.2, -0.15) is 0 Å². The SMILES string of the molecule is NOCC1COO1. The highest BCUT2D eigenvalue weighted by molar-refractivity contribution is 4.54. The molecule has 1 aliphatic rings. The Morgan fingerprint density at radius 2 is 2.57 bits per heavy atom. The molecule has 0 aromatic rings. The molecule has 0 aromatic heterocycles. The minimum atomic E-state index is 0.0602. The fraction of sp³-hybridized carbons (Fsp3) is 1.00. The van der Waals surface area contributed by atoms with Gasteiger partial charge in [0.05, 0.1) is 6.61 Å². The van der Waals surface area contributed by atoms with Crippen molar-refractivity contribution < 1.29 is 14.6 Å². The Kier molecular flexibility index (Phi) is 1.59. The maximum atomic E-state index is 4.70. The second-order valence-electron chi connectivity index (χ2n) is 1.34. The van der Waals surface area contributed by atoms with E-state index in [2.05, 4.69) is 14.6 Å². The van der Waals surface area contributed by atoms with E-state index in [9.17, 15) is 0 Å². The Morgan fingerprint density at radius 1 is 1.86 bits per heavy atom. The zero-order valence-corrected chi connectivity index (χ0v) is 3.79. The van der Waals surface area contributed by atoms with Crippen molar-refractivity contribution in [3.8, 4) is 0 Å². The molecule has 0 bridgehead atoms. The molecule has 1 fully saturated rings. The highest BCUT2D eigenvalue weighted by Crippen LogP contribution is 2.04. The minimum Gasteiger partial charge on any atom is -0.302 e. The molecule has 4 heteroatoms. The van der Waals surface area contributed by atoms with Gasteiger partial charge < -0.3 is 4.84 Å². The summed E-state index contributed by atoms with van der Waals surface area (Å²) in [5.41, 5.74) is 0. The van der Waals surface area contributed by atoms with E-state index >= 15 is 0 Å². The molecule has 2 N–H and O–H groups in total. The Morgan fingerprint density at radius 3 is 2.71 bits per heavy atom. The Balaban J connectivity index is 1.93. The lowest BCUT2D eigenvalue weighted by Crippen LogP contribution is -2.36. The molecule has 4 nitrogen and oxygen atoms in total. The largest absolute Gasteiger partial charge is 0.302 e. The fourth-order valence-electron chi connectivity index (χ4n) is 0.347. The van der Waals surface area contributed by atoms with Gasteiger partial charge in [-0.15, -0.1) is 0 Å². The van der Waals surface area contributed by atoms with Crippen LogP contribution >= 0.6 is 0 Å². The zero-order valence-electron chi connectivity index (χ0n) is 3.79. The van der Waals surface area contributed by atoms with Gasteiger partial charge in [0.1, 0.15) is 12.7 Å². The summed E-state index contributed by atoms with van der Waals surface area (Å²) >= 11 is 0. The summed E-state index contributed by atoms with van der Waals surface area (Å²) in [6, 6.07) is 0. The van der Waals surface area contributed by atoms with E-state index in [1.807, 2.05) is 0 Å². The molecule has 1 heterocycles. The average Bonchev–Trinajstić information content (AvgIpc) is 1.55. The van der Waals surface area contributed by atoms with Gasteiger partial charge in [-0.1, -0.05) is 0 Å². The summed E-state index contributed by atoms with van der Waals surface area (Å²) in [6.45, 7) is 1.01. The van der Waals surface area contributed by atoms with Crippen molar-refractivity contribution in [2.45, 2.75) is 6.10 Å². The third-order valence-electron chi connectivity index (χ3n) is 0.740. The highest BCUT2D eigenvalue weighted by atomic mass is 17.2. The predicted molar refractivity (Wildman–Crippen MR) is 21.0 cm³/mol. The normalized spacial score (nSPS) is 29.6. The lowest BCUT2D eigenvalue weighted by molar-refractivity contribution is -0.429. The molecule has 0 aromatic carbocycles. The number of hydrogen-bond donors (Lipinski definition) is 1. The first kappa shape index (κ1) is 4.99. The monoisotopic (exact) mass is 105 g/mol. The average molecular weight is 105 g/mol. The van der Waals surface area contributed by atoms with Gasteiger partial charge >= 0.3 is 0 Å². The molecule has 0 radical (unpaired) electrons. The summed E-state index contributed by atoms with van der Waals surface area (Å²) in [7, 11) is 0. The molecule has 1 aliphatic heterocycles. The minimum absolute atomic E-state index is 0.0602. The molecule has 1 rings (SSSR count). The van der Waals surface area contributed by atoms with Crippen molar-refractivity contribution in [2.24, 2.45) is 5.90 Å². The van der Waals surface area contributed by atoms with Crippen LogP contribution in [0.4, 0.5) is 0 Å². The van der Waals surface area contributed by atoms with E-state index in [0.29, 0.717) is 13.2 Å². The van der Waals surface area contributed by atoms with Crippen molar-refractivity contribution >= 4 is 0 Å². The number of nitrogens with two attached hydrogens (primary N) is 1. The lowest BCUT2D eigenvalue weighted by atomic mass is 10.4. The van der Waals surface area contributed by atoms with Crippen LogP contribution in [-0.2, 0) is 14.6 Å². The first-order valence-electron chi connectivity index (χ1n) is 2.03. The molecular formula is C3H7NO3. The summed E-state index contributed by atoms with van der Waals surface area (Å²) in [5.74, 6) is 4.70. The van der Waals surface area contributed by atoms with Gasteiger partial charge in [0, 0.05) is 0 Å². The lowest BCUT2D eigenvalue weighted by Gasteiger charge is -2.22. The van der Waals surface area contributed by atoms with Crippen LogP contribution in [0.15, 0.2) is 0 Å². The molecule has 0 amide bonds. The predicted octanol–water partition coefficient (Wildman–Crippen LogP) is -0.793. The molecule has 0 saturated carbocycles. The molecule has 1 atom stereocenters. The van der Waals surface area contributed by atoms with Crippen LogP contribution < -0.4 is 5.90 Å². The van der Waals surface area contributed by atoms with Crippen molar-refractivity contribution in [1.29, 1.82) is 0 Å². The molecular weight excluding hydrogens is 98.0 g/mol. The maximum Gasteiger partial charge on any atom is 0.145 e. The van der Waals surface area contributed by atoms with Crippen LogP contribution in [0, 0.1) is 0 Å². The molecule has 0 aliphatic carbocycles. The first-order chi connectivity index (χ1) is 3.43. The summed E-state index contributed by atoms with van der Waals surface area (Å²) in [6.07, 6.45) is 0.0602. The van der Waals surface area contributed by atoms with E-state index < -0.39 is 0 Å². The standard InChI is InChI=1S/C3H7NO3/c4-5-1-3-2-6-7-3/h3H,1-2,4H2. The van der Waals surface area contributed by atoms with Gasteiger partial charge in [0.25, 0.3) is 0 Å². The smallest absolute Gasteiger partial charge is 0.145 e. The number of hydrogen-bond acceptors (Lipinski definition) is 4. The summed E-state index contributed by atoms with van der Waals surface area (Å²) in [4.78, 5) is 13.1. The van der Waals surface area contributed by atoms with Crippen molar-refractivity contribution in [3.63, 3.8) is 0 Å². The zero-order chi connectivity index (χ0) is 5.11. The Hall–Kier alpha value is -0.160. The van der Waals surface area contributed by atoms with Crippen LogP contribution in [0.25, 0.3) is 0 Å². The van der Waals surface area contributed by atoms with Crippen molar-refractivity contribution in [2.75, 3.05) is 13.2 Å². The van der Waals surface area contributed by atoms with Gasteiger partial charge in [0.2, 0.25) is 0 Å². The van der Waals surface area contributed by atoms with E-state index in [4.69, 9.17) is 5.90 Å². The second kappa shape index (κ2) is 2.23. The van der Waals surface area contributed by atoms with Gasteiger partial charge in [0.15, 0.2) is 0 Å². The first-order valence-corrected chi connectivity index (χ1v) is 2.03. The van der Waals surface area contributed by atoms with Crippen LogP contribution in [0.2, 0.25) is 0 Å². The van der Waals surface area contributed by atoms with E-state index in [1.54, 1.807) is 0 Å². The quantitative estimate of drug-likeness (QED) is 0.369. The molecule has 1 unspecified atom stereocenters. The van der Waals surface area contributed by atoms with Crippen molar-refractivity contribution in [1.82, 2.24) is 0 Å². The third kappa shape index (κ3) is 1.10. The maximum absolute atomic E-state index is 4.70. The van der Waals surface area contributed by atoms with Crippen molar-refractivity contribution in [3.05, 3.63) is 0 Å². The van der Waals surface area contributed by atoms with Crippen LogP contribution in [0.1, 0.15) is 0 Å². The summed E-state index contributed by atoms with van der Waals surface area (Å²) in [5, 5.41) is 0. The molecule has 0 spiro atoms. The van der Waals surface area contributed by atoms with Crippen LogP contribution in [0.5, 0.6) is 0 Å². The number of rotatable bonds is 2. The van der Waals surface area contributed by atoms with Crippen LogP contribution in [-0.4, -0.2) is 19.3 Å². The topological polar surface area (TPSA) is 53.7 Å². The van der Waals surface area contributed by atoms with Gasteiger partial charge in [-0.25, -0.2) is 15.7 Å². The molecule has 1 saturated heterocycles. The summed E-state index contributed by atoms with van der Waals surface area (Å²) < 4.78 is 0.